The molecule has 0 saturated heterocycles. The molecule has 2 unspecified atom stereocenters. The summed E-state index contributed by atoms with van der Waals surface area (Å²) >= 11 is 12.2. The highest BCUT2D eigenvalue weighted by atomic mass is 127. The molecule has 1 aromatic carbocycles. The molecular formula is C17H22Cl2IN3O2. The summed E-state index contributed by atoms with van der Waals surface area (Å²) in [6.07, 6.45) is 0.737. The molecule has 2 aromatic rings. The van der Waals surface area contributed by atoms with Gasteiger partial charge in [0.15, 0.2) is 5.96 Å². The molecule has 1 heterocycles. The average Bonchev–Trinajstić information content (AvgIpc) is 3.06. The number of aliphatic imine (C=N–C) groups is 1. The molecule has 0 aliphatic carbocycles. The Morgan fingerprint density at radius 2 is 2.08 bits per heavy atom. The average molecular weight is 498 g/mol. The topological polar surface area (TPSA) is 69.8 Å². The van der Waals surface area contributed by atoms with Crippen LogP contribution in [-0.4, -0.2) is 24.2 Å². The summed E-state index contributed by atoms with van der Waals surface area (Å²) in [5, 5.41) is 17.7. The van der Waals surface area contributed by atoms with Gasteiger partial charge in [0.2, 0.25) is 0 Å². The van der Waals surface area contributed by atoms with Gasteiger partial charge in [-0.05, 0) is 43.7 Å². The third kappa shape index (κ3) is 6.69. The van der Waals surface area contributed by atoms with Crippen molar-refractivity contribution >= 4 is 53.1 Å². The van der Waals surface area contributed by atoms with Crippen molar-refractivity contribution < 1.29 is 9.52 Å². The third-order valence-electron chi connectivity index (χ3n) is 3.42. The first-order valence-corrected chi connectivity index (χ1v) is 8.48. The van der Waals surface area contributed by atoms with Gasteiger partial charge in [0.05, 0.1) is 18.8 Å². The fourth-order valence-electron chi connectivity index (χ4n) is 2.20. The molecule has 8 heteroatoms. The first-order chi connectivity index (χ1) is 11.5. The molecule has 0 spiro atoms. The van der Waals surface area contributed by atoms with Crippen LogP contribution in [0.3, 0.4) is 0 Å². The number of nitrogens with one attached hydrogen (secondary N) is 2. The van der Waals surface area contributed by atoms with Crippen molar-refractivity contribution in [1.82, 2.24) is 10.6 Å². The van der Waals surface area contributed by atoms with Crippen molar-refractivity contribution in [2.75, 3.05) is 13.1 Å². The van der Waals surface area contributed by atoms with Crippen molar-refractivity contribution in [3.8, 4) is 0 Å². The van der Waals surface area contributed by atoms with Crippen LogP contribution in [0.1, 0.15) is 37.3 Å². The highest BCUT2D eigenvalue weighted by molar-refractivity contribution is 14.0. The highest BCUT2D eigenvalue weighted by Crippen LogP contribution is 2.26. The van der Waals surface area contributed by atoms with Crippen LogP contribution in [0.4, 0.5) is 0 Å². The SMILES string of the molecule is CCNC(=NCC(O)c1ccco1)NC(C)c1ccc(Cl)cc1Cl.I. The second-order valence-electron chi connectivity index (χ2n) is 5.28. The van der Waals surface area contributed by atoms with Crippen LogP contribution in [0.5, 0.6) is 0 Å². The third-order valence-corrected chi connectivity index (χ3v) is 3.98. The maximum atomic E-state index is 10.1. The predicted molar refractivity (Wildman–Crippen MR) is 113 cm³/mol. The number of hydrogen-bond acceptors (Lipinski definition) is 3. The first-order valence-electron chi connectivity index (χ1n) is 7.72. The van der Waals surface area contributed by atoms with Gasteiger partial charge in [-0.25, -0.2) is 0 Å². The van der Waals surface area contributed by atoms with E-state index < -0.39 is 6.10 Å². The number of guanidine groups is 1. The molecule has 138 valence electrons. The minimum absolute atomic E-state index is 0. The number of rotatable bonds is 6. The van der Waals surface area contributed by atoms with E-state index in [0.29, 0.717) is 28.3 Å². The summed E-state index contributed by atoms with van der Waals surface area (Å²) in [7, 11) is 0. The molecule has 0 fully saturated rings. The molecule has 3 N–H and O–H groups in total. The van der Waals surface area contributed by atoms with Crippen molar-refractivity contribution in [1.29, 1.82) is 0 Å². The molecule has 0 amide bonds. The Labute approximate surface area is 174 Å². The molecule has 0 radical (unpaired) electrons. The van der Waals surface area contributed by atoms with E-state index in [9.17, 15) is 5.11 Å². The van der Waals surface area contributed by atoms with E-state index in [-0.39, 0.29) is 36.6 Å². The van der Waals surface area contributed by atoms with E-state index in [1.807, 2.05) is 19.9 Å². The van der Waals surface area contributed by atoms with Crippen molar-refractivity contribution in [3.63, 3.8) is 0 Å². The maximum Gasteiger partial charge on any atom is 0.191 e. The van der Waals surface area contributed by atoms with Crippen molar-refractivity contribution in [2.45, 2.75) is 26.0 Å². The second-order valence-corrected chi connectivity index (χ2v) is 6.13. The van der Waals surface area contributed by atoms with Crippen molar-refractivity contribution in [3.05, 3.63) is 58.0 Å². The molecule has 25 heavy (non-hydrogen) atoms. The van der Waals surface area contributed by atoms with Gasteiger partial charge in [-0.15, -0.1) is 24.0 Å². The van der Waals surface area contributed by atoms with Crippen LogP contribution < -0.4 is 10.6 Å². The summed E-state index contributed by atoms with van der Waals surface area (Å²) in [5.41, 5.74) is 0.915. The largest absolute Gasteiger partial charge is 0.467 e. The normalized spacial score (nSPS) is 13.7. The summed E-state index contributed by atoms with van der Waals surface area (Å²) < 4.78 is 5.17. The molecule has 1 aromatic heterocycles. The predicted octanol–water partition coefficient (Wildman–Crippen LogP) is 4.55. The molecule has 0 aliphatic heterocycles. The van der Waals surface area contributed by atoms with Crippen LogP contribution in [0.15, 0.2) is 46.0 Å². The zero-order valence-electron chi connectivity index (χ0n) is 14.0. The Morgan fingerprint density at radius 1 is 1.32 bits per heavy atom. The fourth-order valence-corrected chi connectivity index (χ4v) is 2.78. The van der Waals surface area contributed by atoms with Gasteiger partial charge >= 0.3 is 0 Å². The maximum absolute atomic E-state index is 10.1. The van der Waals surface area contributed by atoms with Gasteiger partial charge < -0.3 is 20.2 Å². The fraction of sp³-hybridized carbons (Fsp3) is 0.353. The molecule has 5 nitrogen and oxygen atoms in total. The van der Waals surface area contributed by atoms with E-state index in [2.05, 4.69) is 15.6 Å². The number of halogens is 3. The quantitative estimate of drug-likeness (QED) is 0.311. The number of benzene rings is 1. The lowest BCUT2D eigenvalue weighted by Crippen LogP contribution is -2.39. The first kappa shape index (κ1) is 22.1. The van der Waals surface area contributed by atoms with Crippen LogP contribution in [0.25, 0.3) is 0 Å². The van der Waals surface area contributed by atoms with Gasteiger partial charge in [-0.1, -0.05) is 29.3 Å². The zero-order chi connectivity index (χ0) is 17.5. The lowest BCUT2D eigenvalue weighted by atomic mass is 10.1. The van der Waals surface area contributed by atoms with E-state index in [1.165, 1.54) is 6.26 Å². The van der Waals surface area contributed by atoms with Crippen molar-refractivity contribution in [2.24, 2.45) is 4.99 Å². The standard InChI is InChI=1S/C17H21Cl2N3O2.HI/c1-3-20-17(21-10-15(23)16-5-4-8-24-16)22-11(2)13-7-6-12(18)9-14(13)19;/h4-9,11,15,23H,3,10H2,1-2H3,(H2,20,21,22);1H. The second kappa shape index (κ2) is 10.9. The van der Waals surface area contributed by atoms with E-state index in [1.54, 1.807) is 24.3 Å². The molecule has 0 saturated carbocycles. The van der Waals surface area contributed by atoms with E-state index >= 15 is 0 Å². The summed E-state index contributed by atoms with van der Waals surface area (Å²) in [5.74, 6) is 1.07. The number of furan rings is 1. The highest BCUT2D eigenvalue weighted by Gasteiger charge is 2.13. The minimum atomic E-state index is -0.787. The number of aliphatic hydroxyl groups excluding tert-OH is 1. The monoisotopic (exact) mass is 497 g/mol. The van der Waals surface area contributed by atoms with Gasteiger partial charge in [0.1, 0.15) is 11.9 Å². The smallest absolute Gasteiger partial charge is 0.191 e. The number of nitrogens with zero attached hydrogens (tertiary/aromatic N) is 1. The summed E-state index contributed by atoms with van der Waals surface area (Å²) in [6.45, 7) is 4.83. The lowest BCUT2D eigenvalue weighted by Gasteiger charge is -2.19. The summed E-state index contributed by atoms with van der Waals surface area (Å²) in [4.78, 5) is 4.40. The number of hydrogen-bond donors (Lipinski definition) is 3. The van der Waals surface area contributed by atoms with E-state index in [4.69, 9.17) is 27.6 Å². The molecule has 2 atom stereocenters. The van der Waals surface area contributed by atoms with Gasteiger partial charge in [0, 0.05) is 16.6 Å². The van der Waals surface area contributed by atoms with Gasteiger partial charge in [-0.3, -0.25) is 4.99 Å². The molecular weight excluding hydrogens is 476 g/mol. The Morgan fingerprint density at radius 3 is 2.68 bits per heavy atom. The molecule has 2 rings (SSSR count). The Bertz CT molecular complexity index is 681. The van der Waals surface area contributed by atoms with Gasteiger partial charge in [0.25, 0.3) is 0 Å². The molecule has 0 bridgehead atoms. The summed E-state index contributed by atoms with van der Waals surface area (Å²) in [6, 6.07) is 8.76. The van der Waals surface area contributed by atoms with E-state index in [0.717, 1.165) is 5.56 Å². The van der Waals surface area contributed by atoms with Crippen LogP contribution in [0.2, 0.25) is 10.0 Å². The molecule has 0 aliphatic rings. The van der Waals surface area contributed by atoms with Crippen LogP contribution in [-0.2, 0) is 0 Å². The van der Waals surface area contributed by atoms with Crippen LogP contribution in [0, 0.1) is 0 Å². The Balaban J connectivity index is 0.00000312. The minimum Gasteiger partial charge on any atom is -0.467 e. The Kier molecular flexibility index (Phi) is 9.63. The zero-order valence-corrected chi connectivity index (χ0v) is 17.8. The Hall–Kier alpha value is -0.960. The van der Waals surface area contributed by atoms with Gasteiger partial charge in [-0.2, -0.15) is 0 Å². The lowest BCUT2D eigenvalue weighted by molar-refractivity contribution is 0.158. The number of aliphatic hydroxyl groups is 1. The van der Waals surface area contributed by atoms with Crippen LogP contribution >= 0.6 is 47.2 Å².